The third-order valence-corrected chi connectivity index (χ3v) is 5.79. The van der Waals surface area contributed by atoms with Crippen LogP contribution in [0.15, 0.2) is 47.2 Å². The summed E-state index contributed by atoms with van der Waals surface area (Å²) < 4.78 is 10.8. The molecule has 0 spiro atoms. The molecular formula is C21H21NO4S2. The van der Waals surface area contributed by atoms with Crippen LogP contribution in [-0.2, 0) is 16.0 Å². The summed E-state index contributed by atoms with van der Waals surface area (Å²) in [4.78, 5) is 25.8. The van der Waals surface area contributed by atoms with Gasteiger partial charge in [0.1, 0.15) is 16.3 Å². The molecule has 146 valence electrons. The van der Waals surface area contributed by atoms with Crippen molar-refractivity contribution in [3.8, 4) is 16.2 Å². The van der Waals surface area contributed by atoms with Gasteiger partial charge in [0, 0.05) is 15.8 Å². The van der Waals surface area contributed by atoms with E-state index in [1.807, 2.05) is 47.2 Å². The summed E-state index contributed by atoms with van der Waals surface area (Å²) in [6.45, 7) is 3.95. The highest BCUT2D eigenvalue weighted by Crippen LogP contribution is 2.38. The molecule has 7 heteroatoms. The van der Waals surface area contributed by atoms with Gasteiger partial charge in [-0.3, -0.25) is 4.79 Å². The Hall–Kier alpha value is -2.64. The molecule has 2 heterocycles. The standard InChI is InChI=1S/C21H21NO4S2/c1-3-14-7-5-8-15(11-14)26-12-18(23)22-20-19(21(24)25-4-2)16(13-28-20)17-9-6-10-27-17/h5-11,13H,3-4,12H2,1-2H3,(H,22,23). The summed E-state index contributed by atoms with van der Waals surface area (Å²) in [5, 5.41) is 7.06. The molecule has 0 aliphatic rings. The molecule has 0 saturated carbocycles. The molecule has 3 aromatic rings. The van der Waals surface area contributed by atoms with Gasteiger partial charge in [0.05, 0.1) is 6.61 Å². The summed E-state index contributed by atoms with van der Waals surface area (Å²) in [6, 6.07) is 11.5. The number of carbonyl (C=O) groups is 2. The van der Waals surface area contributed by atoms with Crippen molar-refractivity contribution in [3.63, 3.8) is 0 Å². The van der Waals surface area contributed by atoms with Crippen molar-refractivity contribution >= 4 is 39.6 Å². The van der Waals surface area contributed by atoms with Crippen molar-refractivity contribution in [2.75, 3.05) is 18.5 Å². The predicted molar refractivity (Wildman–Crippen MR) is 114 cm³/mol. The lowest BCUT2D eigenvalue weighted by Crippen LogP contribution is -2.21. The Labute approximate surface area is 171 Å². The molecule has 0 aliphatic heterocycles. The molecule has 1 aromatic carbocycles. The Morgan fingerprint density at radius 1 is 1.11 bits per heavy atom. The van der Waals surface area contributed by atoms with Gasteiger partial charge in [0.2, 0.25) is 0 Å². The van der Waals surface area contributed by atoms with E-state index in [-0.39, 0.29) is 19.1 Å². The number of aryl methyl sites for hydroxylation is 1. The molecule has 5 nitrogen and oxygen atoms in total. The number of carbonyl (C=O) groups excluding carboxylic acids is 2. The number of nitrogens with one attached hydrogen (secondary N) is 1. The molecule has 0 aliphatic carbocycles. The number of hydrogen-bond donors (Lipinski definition) is 1. The van der Waals surface area contributed by atoms with Crippen molar-refractivity contribution < 1.29 is 19.1 Å². The van der Waals surface area contributed by atoms with Gasteiger partial charge in [0.25, 0.3) is 5.91 Å². The van der Waals surface area contributed by atoms with E-state index in [9.17, 15) is 9.59 Å². The molecule has 0 radical (unpaired) electrons. The molecule has 1 N–H and O–H groups in total. The second-order valence-corrected chi connectivity index (χ2v) is 7.72. The Bertz CT molecular complexity index is 947. The molecule has 1 amide bonds. The summed E-state index contributed by atoms with van der Waals surface area (Å²) >= 11 is 2.83. The van der Waals surface area contributed by atoms with Crippen molar-refractivity contribution in [2.45, 2.75) is 20.3 Å². The predicted octanol–water partition coefficient (Wildman–Crippen LogP) is 5.23. The maximum Gasteiger partial charge on any atom is 0.341 e. The molecule has 0 fully saturated rings. The zero-order valence-electron chi connectivity index (χ0n) is 15.7. The van der Waals surface area contributed by atoms with Crippen LogP contribution in [0.1, 0.15) is 29.8 Å². The van der Waals surface area contributed by atoms with E-state index in [0.717, 1.165) is 22.4 Å². The summed E-state index contributed by atoms with van der Waals surface area (Å²) in [5.41, 5.74) is 2.29. The fourth-order valence-electron chi connectivity index (χ4n) is 2.64. The number of thiophene rings is 2. The van der Waals surface area contributed by atoms with Crippen LogP contribution in [0.3, 0.4) is 0 Å². The topological polar surface area (TPSA) is 64.6 Å². The maximum atomic E-state index is 12.5. The Morgan fingerprint density at radius 2 is 1.96 bits per heavy atom. The monoisotopic (exact) mass is 415 g/mol. The number of benzene rings is 1. The maximum absolute atomic E-state index is 12.5. The molecule has 0 atom stereocenters. The summed E-state index contributed by atoms with van der Waals surface area (Å²) in [7, 11) is 0. The number of anilines is 1. The van der Waals surface area contributed by atoms with Crippen molar-refractivity contribution in [2.24, 2.45) is 0 Å². The number of hydrogen-bond acceptors (Lipinski definition) is 6. The van der Waals surface area contributed by atoms with Crippen LogP contribution in [0, 0.1) is 0 Å². The Morgan fingerprint density at radius 3 is 2.68 bits per heavy atom. The molecule has 0 bridgehead atoms. The number of esters is 1. The lowest BCUT2D eigenvalue weighted by Gasteiger charge is -2.09. The third-order valence-electron chi connectivity index (χ3n) is 3.99. The highest BCUT2D eigenvalue weighted by molar-refractivity contribution is 7.17. The second kappa shape index (κ2) is 9.52. The van der Waals surface area contributed by atoms with E-state index >= 15 is 0 Å². The zero-order valence-corrected chi connectivity index (χ0v) is 17.3. The first-order chi connectivity index (χ1) is 13.6. The van der Waals surface area contributed by atoms with Crippen LogP contribution >= 0.6 is 22.7 Å². The summed E-state index contributed by atoms with van der Waals surface area (Å²) in [6.07, 6.45) is 0.896. The van der Waals surface area contributed by atoms with Gasteiger partial charge in [-0.05, 0) is 42.5 Å². The first kappa shape index (κ1) is 20.1. The van der Waals surface area contributed by atoms with Crippen molar-refractivity contribution in [1.29, 1.82) is 0 Å². The van der Waals surface area contributed by atoms with Crippen LogP contribution < -0.4 is 10.1 Å². The normalized spacial score (nSPS) is 10.5. The van der Waals surface area contributed by atoms with E-state index in [0.29, 0.717) is 16.3 Å². The molecule has 0 unspecified atom stereocenters. The van der Waals surface area contributed by atoms with Crippen LogP contribution in [0.4, 0.5) is 5.00 Å². The van der Waals surface area contributed by atoms with E-state index in [1.54, 1.807) is 6.92 Å². The Balaban J connectivity index is 1.74. The highest BCUT2D eigenvalue weighted by Gasteiger charge is 2.23. The molecule has 0 saturated heterocycles. The van der Waals surface area contributed by atoms with E-state index < -0.39 is 5.97 Å². The number of ether oxygens (including phenoxy) is 2. The summed E-state index contributed by atoms with van der Waals surface area (Å²) in [5.74, 6) is -0.128. The lowest BCUT2D eigenvalue weighted by atomic mass is 10.1. The fraction of sp³-hybridized carbons (Fsp3) is 0.238. The van der Waals surface area contributed by atoms with Gasteiger partial charge >= 0.3 is 5.97 Å². The van der Waals surface area contributed by atoms with Gasteiger partial charge in [-0.2, -0.15) is 0 Å². The SMILES string of the molecule is CCOC(=O)c1c(-c2cccs2)csc1NC(=O)COc1cccc(CC)c1. The van der Waals surface area contributed by atoms with Gasteiger partial charge in [-0.25, -0.2) is 4.79 Å². The van der Waals surface area contributed by atoms with E-state index in [4.69, 9.17) is 9.47 Å². The first-order valence-corrected chi connectivity index (χ1v) is 10.7. The third kappa shape index (κ3) is 4.79. The minimum absolute atomic E-state index is 0.137. The quantitative estimate of drug-likeness (QED) is 0.512. The Kier molecular flexibility index (Phi) is 6.84. The fourth-order valence-corrected chi connectivity index (χ4v) is 4.42. The number of amides is 1. The van der Waals surface area contributed by atoms with Gasteiger partial charge in [0.15, 0.2) is 6.61 Å². The average Bonchev–Trinajstić information content (AvgIpc) is 3.36. The van der Waals surface area contributed by atoms with E-state index in [2.05, 4.69) is 12.2 Å². The van der Waals surface area contributed by atoms with Crippen LogP contribution in [0.25, 0.3) is 10.4 Å². The average molecular weight is 416 g/mol. The smallest absolute Gasteiger partial charge is 0.341 e. The largest absolute Gasteiger partial charge is 0.484 e. The van der Waals surface area contributed by atoms with Crippen LogP contribution in [0.5, 0.6) is 5.75 Å². The first-order valence-electron chi connectivity index (χ1n) is 8.96. The molecule has 2 aromatic heterocycles. The minimum atomic E-state index is -0.445. The highest BCUT2D eigenvalue weighted by atomic mass is 32.1. The molecule has 3 rings (SSSR count). The van der Waals surface area contributed by atoms with Crippen LogP contribution in [-0.4, -0.2) is 25.1 Å². The van der Waals surface area contributed by atoms with E-state index in [1.165, 1.54) is 22.7 Å². The van der Waals surface area contributed by atoms with Gasteiger partial charge in [-0.1, -0.05) is 25.1 Å². The van der Waals surface area contributed by atoms with Crippen molar-refractivity contribution in [3.05, 3.63) is 58.3 Å². The molecule has 28 heavy (non-hydrogen) atoms. The number of rotatable bonds is 8. The minimum Gasteiger partial charge on any atom is -0.484 e. The van der Waals surface area contributed by atoms with Crippen molar-refractivity contribution in [1.82, 2.24) is 0 Å². The molecular weight excluding hydrogens is 394 g/mol. The second-order valence-electron chi connectivity index (χ2n) is 5.89. The van der Waals surface area contributed by atoms with Gasteiger partial charge < -0.3 is 14.8 Å². The lowest BCUT2D eigenvalue weighted by molar-refractivity contribution is -0.118. The zero-order chi connectivity index (χ0) is 19.9. The van der Waals surface area contributed by atoms with Crippen LogP contribution in [0.2, 0.25) is 0 Å². The van der Waals surface area contributed by atoms with Gasteiger partial charge in [-0.15, -0.1) is 22.7 Å².